The molecule has 0 unspecified atom stereocenters. The Kier molecular flexibility index (Phi) is 3.90. The van der Waals surface area contributed by atoms with Crippen LogP contribution in [0.3, 0.4) is 0 Å². The van der Waals surface area contributed by atoms with Crippen molar-refractivity contribution in [3.63, 3.8) is 0 Å². The molecule has 4 nitrogen and oxygen atoms in total. The monoisotopic (exact) mass is 293 g/mol. The van der Waals surface area contributed by atoms with Crippen LogP contribution in [-0.2, 0) is 10.0 Å². The maximum atomic E-state index is 12.6. The van der Waals surface area contributed by atoms with Gasteiger partial charge in [0.15, 0.2) is 0 Å². The van der Waals surface area contributed by atoms with E-state index in [1.807, 2.05) is 20.8 Å². The van der Waals surface area contributed by atoms with E-state index in [0.29, 0.717) is 5.75 Å². The highest BCUT2D eigenvalue weighted by atomic mass is 32.2. The summed E-state index contributed by atoms with van der Waals surface area (Å²) in [6.45, 7) is 6.05. The van der Waals surface area contributed by atoms with Gasteiger partial charge in [0.25, 0.3) is 10.0 Å². The Hall–Kier alpha value is -1.75. The lowest BCUT2D eigenvalue weighted by molar-refractivity contribution is 0.401. The van der Waals surface area contributed by atoms with Gasteiger partial charge in [0.05, 0.1) is 7.11 Å². The molecule has 1 aromatic heterocycles. The first-order valence-electron chi connectivity index (χ1n) is 6.45. The van der Waals surface area contributed by atoms with E-state index in [-0.39, 0.29) is 10.8 Å². The number of aromatic nitrogens is 1. The van der Waals surface area contributed by atoms with Gasteiger partial charge in [-0.3, -0.25) is 0 Å². The van der Waals surface area contributed by atoms with Crippen molar-refractivity contribution in [1.29, 1.82) is 0 Å². The molecule has 0 spiro atoms. The number of nitrogens with zero attached hydrogens (tertiary/aromatic N) is 1. The number of hydrogen-bond donors (Lipinski definition) is 0. The van der Waals surface area contributed by atoms with E-state index in [1.165, 1.54) is 23.5 Å². The third-order valence-corrected chi connectivity index (χ3v) is 4.98. The Morgan fingerprint density at radius 1 is 1.15 bits per heavy atom. The summed E-state index contributed by atoms with van der Waals surface area (Å²) in [5, 5.41) is 0. The quantitative estimate of drug-likeness (QED) is 0.870. The van der Waals surface area contributed by atoms with Crippen LogP contribution in [0.25, 0.3) is 0 Å². The molecule has 0 N–H and O–H groups in total. The summed E-state index contributed by atoms with van der Waals surface area (Å²) in [4.78, 5) is 0.200. The summed E-state index contributed by atoms with van der Waals surface area (Å²) in [5.74, 6) is 0.625. The SMILES string of the molecule is COc1cc(C)c(C(C)C)cc1S(=O)(=O)n1cccc1. The molecule has 20 heavy (non-hydrogen) atoms. The van der Waals surface area contributed by atoms with Gasteiger partial charge in [-0.15, -0.1) is 0 Å². The minimum atomic E-state index is -3.62. The fraction of sp³-hybridized carbons (Fsp3) is 0.333. The summed E-state index contributed by atoms with van der Waals surface area (Å²) in [6.07, 6.45) is 3.04. The maximum Gasteiger partial charge on any atom is 0.271 e. The molecule has 0 aliphatic heterocycles. The van der Waals surface area contributed by atoms with Crippen molar-refractivity contribution in [2.45, 2.75) is 31.6 Å². The molecule has 2 rings (SSSR count). The first kappa shape index (κ1) is 14.7. The van der Waals surface area contributed by atoms with Gasteiger partial charge in [0.1, 0.15) is 10.6 Å². The molecule has 0 amide bonds. The van der Waals surface area contributed by atoms with Crippen molar-refractivity contribution in [1.82, 2.24) is 3.97 Å². The molecule has 108 valence electrons. The number of ether oxygens (including phenoxy) is 1. The molecule has 1 heterocycles. The van der Waals surface area contributed by atoms with E-state index in [9.17, 15) is 8.42 Å². The first-order chi connectivity index (χ1) is 9.37. The molecule has 0 saturated heterocycles. The van der Waals surface area contributed by atoms with Crippen LogP contribution in [0.5, 0.6) is 5.75 Å². The van der Waals surface area contributed by atoms with Gasteiger partial charge in [-0.25, -0.2) is 12.4 Å². The molecular weight excluding hydrogens is 274 g/mol. The number of rotatable bonds is 4. The smallest absolute Gasteiger partial charge is 0.271 e. The van der Waals surface area contributed by atoms with Gasteiger partial charge in [-0.1, -0.05) is 13.8 Å². The van der Waals surface area contributed by atoms with Crippen molar-refractivity contribution in [3.05, 3.63) is 47.8 Å². The average Bonchev–Trinajstić information content (AvgIpc) is 2.92. The van der Waals surface area contributed by atoms with Gasteiger partial charge < -0.3 is 4.74 Å². The summed E-state index contributed by atoms with van der Waals surface area (Å²) in [7, 11) is -2.13. The summed E-state index contributed by atoms with van der Waals surface area (Å²) in [5.41, 5.74) is 2.04. The lowest BCUT2D eigenvalue weighted by Gasteiger charge is -2.16. The van der Waals surface area contributed by atoms with Crippen LogP contribution >= 0.6 is 0 Å². The van der Waals surface area contributed by atoms with E-state index < -0.39 is 10.0 Å². The van der Waals surface area contributed by atoms with E-state index in [4.69, 9.17) is 4.74 Å². The third kappa shape index (κ3) is 2.45. The fourth-order valence-electron chi connectivity index (χ4n) is 2.25. The second kappa shape index (κ2) is 5.32. The van der Waals surface area contributed by atoms with Gasteiger partial charge in [0.2, 0.25) is 0 Å². The van der Waals surface area contributed by atoms with Crippen molar-refractivity contribution in [2.24, 2.45) is 0 Å². The van der Waals surface area contributed by atoms with Crippen molar-refractivity contribution >= 4 is 10.0 Å². The Balaban J connectivity index is 2.70. The highest BCUT2D eigenvalue weighted by molar-refractivity contribution is 7.90. The molecule has 0 fully saturated rings. The lowest BCUT2D eigenvalue weighted by atomic mass is 9.98. The second-order valence-corrected chi connectivity index (χ2v) is 6.84. The van der Waals surface area contributed by atoms with Crippen LogP contribution in [0.4, 0.5) is 0 Å². The van der Waals surface area contributed by atoms with Crippen LogP contribution in [0.15, 0.2) is 41.6 Å². The Bertz CT molecular complexity index is 701. The zero-order chi connectivity index (χ0) is 14.9. The number of aryl methyl sites for hydroxylation is 1. The van der Waals surface area contributed by atoms with Gasteiger partial charge in [-0.05, 0) is 48.2 Å². The maximum absolute atomic E-state index is 12.6. The van der Waals surface area contributed by atoms with E-state index in [2.05, 4.69) is 0 Å². The minimum absolute atomic E-state index is 0.200. The fourth-order valence-corrected chi connectivity index (χ4v) is 3.61. The zero-order valence-electron chi connectivity index (χ0n) is 12.1. The molecule has 0 aliphatic carbocycles. The van der Waals surface area contributed by atoms with E-state index >= 15 is 0 Å². The van der Waals surface area contributed by atoms with E-state index in [1.54, 1.807) is 24.3 Å². The topological polar surface area (TPSA) is 48.3 Å². The highest BCUT2D eigenvalue weighted by Crippen LogP contribution is 2.32. The predicted octanol–water partition coefficient (Wildman–Crippen LogP) is 3.17. The molecule has 0 atom stereocenters. The molecule has 0 bridgehead atoms. The van der Waals surface area contributed by atoms with Crippen LogP contribution in [0.1, 0.15) is 30.9 Å². The van der Waals surface area contributed by atoms with E-state index in [0.717, 1.165) is 11.1 Å². The molecule has 2 aromatic rings. The predicted molar refractivity (Wildman–Crippen MR) is 78.8 cm³/mol. The molecular formula is C15H19NO3S. The standard InChI is InChI=1S/C15H19NO3S/c1-11(2)13-10-15(14(19-4)9-12(13)3)20(17,18)16-7-5-6-8-16/h5-11H,1-4H3. The van der Waals surface area contributed by atoms with Crippen LogP contribution in [0, 0.1) is 6.92 Å². The summed E-state index contributed by atoms with van der Waals surface area (Å²) in [6, 6.07) is 6.86. The van der Waals surface area contributed by atoms with Crippen LogP contribution in [0.2, 0.25) is 0 Å². The molecule has 0 radical (unpaired) electrons. The largest absolute Gasteiger partial charge is 0.495 e. The molecule has 1 aromatic carbocycles. The lowest BCUT2D eigenvalue weighted by Crippen LogP contribution is -2.13. The summed E-state index contributed by atoms with van der Waals surface area (Å²) < 4.78 is 31.7. The van der Waals surface area contributed by atoms with Gasteiger partial charge in [-0.2, -0.15) is 0 Å². The van der Waals surface area contributed by atoms with Crippen molar-refractivity contribution in [3.8, 4) is 5.75 Å². The number of methoxy groups -OCH3 is 1. The van der Waals surface area contributed by atoms with Gasteiger partial charge >= 0.3 is 0 Å². The number of benzene rings is 1. The van der Waals surface area contributed by atoms with Crippen molar-refractivity contribution < 1.29 is 13.2 Å². The Labute approximate surface area is 120 Å². The highest BCUT2D eigenvalue weighted by Gasteiger charge is 2.23. The van der Waals surface area contributed by atoms with Crippen molar-refractivity contribution in [2.75, 3.05) is 7.11 Å². The Morgan fingerprint density at radius 3 is 2.25 bits per heavy atom. The van der Waals surface area contributed by atoms with Gasteiger partial charge in [0, 0.05) is 12.4 Å². The molecule has 5 heteroatoms. The van der Waals surface area contributed by atoms with Crippen LogP contribution < -0.4 is 4.74 Å². The van der Waals surface area contributed by atoms with Crippen LogP contribution in [-0.4, -0.2) is 19.5 Å². The zero-order valence-corrected chi connectivity index (χ0v) is 12.9. The normalized spacial score (nSPS) is 11.8. The molecule has 0 aliphatic rings. The third-order valence-electron chi connectivity index (χ3n) is 3.31. The minimum Gasteiger partial charge on any atom is -0.495 e. The first-order valence-corrected chi connectivity index (χ1v) is 7.89. The summed E-state index contributed by atoms with van der Waals surface area (Å²) >= 11 is 0. The molecule has 0 saturated carbocycles. The Morgan fingerprint density at radius 2 is 1.75 bits per heavy atom. The number of hydrogen-bond acceptors (Lipinski definition) is 3. The second-order valence-electron chi connectivity index (χ2n) is 5.03. The average molecular weight is 293 g/mol.